The summed E-state index contributed by atoms with van der Waals surface area (Å²) in [5.41, 5.74) is 0. The molecule has 5 nitrogen and oxygen atoms in total. The van der Waals surface area contributed by atoms with Crippen LogP contribution in [0.2, 0.25) is 0 Å². The number of hydrogen-bond donors (Lipinski definition) is 1. The Hall–Kier alpha value is -1.25. The van der Waals surface area contributed by atoms with Crippen molar-refractivity contribution in [2.45, 2.75) is 23.8 Å². The predicted octanol–water partition coefficient (Wildman–Crippen LogP) is 1.17. The first-order chi connectivity index (χ1) is 10.5. The van der Waals surface area contributed by atoms with E-state index in [4.69, 9.17) is 12.2 Å². The highest BCUT2D eigenvalue weighted by molar-refractivity contribution is 7.89. The Morgan fingerprint density at radius 2 is 1.82 bits per heavy atom. The normalized spacial score (nSPS) is 20.0. The minimum Gasteiger partial charge on any atom is -0.360 e. The fraction of sp³-hybridized carbons (Fsp3) is 0.500. The lowest BCUT2D eigenvalue weighted by Gasteiger charge is -2.35. The average Bonchev–Trinajstić information content (AvgIpc) is 3.31. The Balaban J connectivity index is 1.65. The lowest BCUT2D eigenvalue weighted by Crippen LogP contribution is -2.53. The zero-order valence-electron chi connectivity index (χ0n) is 12.0. The maximum Gasteiger partial charge on any atom is 0.246 e. The van der Waals surface area contributed by atoms with Crippen LogP contribution in [0.3, 0.4) is 0 Å². The van der Waals surface area contributed by atoms with E-state index >= 15 is 0 Å². The van der Waals surface area contributed by atoms with Crippen LogP contribution in [0.4, 0.5) is 4.39 Å². The SMILES string of the molecule is O=S(=O)(c1ccccc1F)N1CCN(C(=S)NC2CC2)CC1. The number of piperazine rings is 1. The van der Waals surface area contributed by atoms with Gasteiger partial charge in [-0.05, 0) is 37.2 Å². The zero-order valence-corrected chi connectivity index (χ0v) is 13.7. The first-order valence-corrected chi connectivity index (χ1v) is 9.13. The van der Waals surface area contributed by atoms with Crippen molar-refractivity contribution in [1.82, 2.24) is 14.5 Å². The van der Waals surface area contributed by atoms with E-state index in [9.17, 15) is 12.8 Å². The quantitative estimate of drug-likeness (QED) is 0.835. The van der Waals surface area contributed by atoms with Gasteiger partial charge in [-0.15, -0.1) is 0 Å². The van der Waals surface area contributed by atoms with Gasteiger partial charge in [-0.1, -0.05) is 12.1 Å². The van der Waals surface area contributed by atoms with Crippen LogP contribution >= 0.6 is 12.2 Å². The molecule has 0 radical (unpaired) electrons. The van der Waals surface area contributed by atoms with E-state index in [0.29, 0.717) is 37.3 Å². The molecule has 1 N–H and O–H groups in total. The van der Waals surface area contributed by atoms with Crippen LogP contribution < -0.4 is 5.32 Å². The fourth-order valence-electron chi connectivity index (χ4n) is 2.42. The summed E-state index contributed by atoms with van der Waals surface area (Å²) in [5, 5.41) is 3.93. The summed E-state index contributed by atoms with van der Waals surface area (Å²) < 4.78 is 40.1. The Kier molecular flexibility index (Phi) is 4.33. The molecule has 3 rings (SSSR count). The minimum absolute atomic E-state index is 0.262. The minimum atomic E-state index is -3.78. The molecule has 2 aliphatic rings. The molecule has 1 aromatic rings. The second-order valence-corrected chi connectivity index (χ2v) is 7.84. The van der Waals surface area contributed by atoms with Crippen molar-refractivity contribution < 1.29 is 12.8 Å². The summed E-state index contributed by atoms with van der Waals surface area (Å²) >= 11 is 5.32. The molecule has 0 atom stereocenters. The molecule has 2 fully saturated rings. The Morgan fingerprint density at radius 1 is 1.18 bits per heavy atom. The van der Waals surface area contributed by atoms with E-state index in [2.05, 4.69) is 5.32 Å². The summed E-state index contributed by atoms with van der Waals surface area (Å²) in [6, 6.07) is 5.95. The maximum absolute atomic E-state index is 13.7. The topological polar surface area (TPSA) is 52.7 Å². The molecule has 1 saturated carbocycles. The summed E-state index contributed by atoms with van der Waals surface area (Å²) in [5.74, 6) is -0.712. The standard InChI is InChI=1S/C14H18FN3O2S2/c15-12-3-1-2-4-13(12)22(19,20)18-9-7-17(8-10-18)14(21)16-11-5-6-11/h1-4,11H,5-10H2,(H,16,21). The zero-order chi connectivity index (χ0) is 15.7. The van der Waals surface area contributed by atoms with Gasteiger partial charge in [0.15, 0.2) is 5.11 Å². The van der Waals surface area contributed by atoms with E-state index in [-0.39, 0.29) is 4.90 Å². The van der Waals surface area contributed by atoms with E-state index in [1.807, 2.05) is 4.90 Å². The monoisotopic (exact) mass is 343 g/mol. The largest absolute Gasteiger partial charge is 0.360 e. The van der Waals surface area contributed by atoms with Crippen LogP contribution in [-0.4, -0.2) is 55.0 Å². The molecule has 0 bridgehead atoms. The molecular weight excluding hydrogens is 325 g/mol. The number of nitrogens with one attached hydrogen (secondary N) is 1. The fourth-order valence-corrected chi connectivity index (χ4v) is 4.25. The Bertz CT molecular complexity index is 668. The smallest absolute Gasteiger partial charge is 0.246 e. The number of sulfonamides is 1. The van der Waals surface area contributed by atoms with Crippen LogP contribution in [0.5, 0.6) is 0 Å². The predicted molar refractivity (Wildman–Crippen MR) is 85.5 cm³/mol. The number of rotatable bonds is 3. The third-order valence-corrected chi connectivity index (χ3v) is 6.19. The number of thiocarbonyl (C=S) groups is 1. The van der Waals surface area contributed by atoms with Crippen LogP contribution in [-0.2, 0) is 10.0 Å². The second kappa shape index (κ2) is 6.10. The first kappa shape index (κ1) is 15.6. The maximum atomic E-state index is 13.7. The van der Waals surface area contributed by atoms with Gasteiger partial charge in [-0.25, -0.2) is 12.8 Å². The Morgan fingerprint density at radius 3 is 2.41 bits per heavy atom. The van der Waals surface area contributed by atoms with Crippen LogP contribution in [0.15, 0.2) is 29.2 Å². The van der Waals surface area contributed by atoms with E-state index in [0.717, 1.165) is 18.9 Å². The number of nitrogens with zero attached hydrogens (tertiary/aromatic N) is 2. The van der Waals surface area contributed by atoms with Crippen LogP contribution in [0.1, 0.15) is 12.8 Å². The third kappa shape index (κ3) is 3.23. The highest BCUT2D eigenvalue weighted by Crippen LogP contribution is 2.21. The van der Waals surface area contributed by atoms with E-state index in [1.54, 1.807) is 0 Å². The highest BCUT2D eigenvalue weighted by atomic mass is 32.2. The van der Waals surface area contributed by atoms with Gasteiger partial charge < -0.3 is 10.2 Å². The molecule has 1 aliphatic carbocycles. The molecule has 1 heterocycles. The molecule has 120 valence electrons. The molecule has 1 saturated heterocycles. The van der Waals surface area contributed by atoms with Gasteiger partial charge in [0, 0.05) is 32.2 Å². The molecule has 1 aliphatic heterocycles. The molecule has 0 amide bonds. The summed E-state index contributed by atoms with van der Waals surface area (Å²) in [4.78, 5) is 1.71. The summed E-state index contributed by atoms with van der Waals surface area (Å²) in [6.45, 7) is 1.66. The van der Waals surface area contributed by atoms with Gasteiger partial charge in [0.05, 0.1) is 0 Å². The second-order valence-electron chi connectivity index (χ2n) is 5.55. The van der Waals surface area contributed by atoms with E-state index in [1.165, 1.54) is 22.5 Å². The molecule has 22 heavy (non-hydrogen) atoms. The van der Waals surface area contributed by atoms with Crippen molar-refractivity contribution in [2.75, 3.05) is 26.2 Å². The first-order valence-electron chi connectivity index (χ1n) is 7.28. The molecule has 8 heteroatoms. The molecule has 0 spiro atoms. The van der Waals surface area contributed by atoms with Gasteiger partial charge in [0.2, 0.25) is 10.0 Å². The van der Waals surface area contributed by atoms with Crippen molar-refractivity contribution >= 4 is 27.4 Å². The Labute approximate surface area is 135 Å². The van der Waals surface area contributed by atoms with Crippen molar-refractivity contribution in [1.29, 1.82) is 0 Å². The average molecular weight is 343 g/mol. The van der Waals surface area contributed by atoms with Crippen LogP contribution in [0.25, 0.3) is 0 Å². The van der Waals surface area contributed by atoms with Gasteiger partial charge in [-0.2, -0.15) is 4.31 Å². The third-order valence-electron chi connectivity index (χ3n) is 3.89. The van der Waals surface area contributed by atoms with E-state index < -0.39 is 15.8 Å². The lowest BCUT2D eigenvalue weighted by molar-refractivity contribution is 0.263. The van der Waals surface area contributed by atoms with Gasteiger partial charge >= 0.3 is 0 Å². The van der Waals surface area contributed by atoms with Crippen molar-refractivity contribution in [3.8, 4) is 0 Å². The lowest BCUT2D eigenvalue weighted by atomic mass is 10.3. The number of benzene rings is 1. The van der Waals surface area contributed by atoms with Gasteiger partial charge in [-0.3, -0.25) is 0 Å². The molecule has 1 aromatic carbocycles. The highest BCUT2D eigenvalue weighted by Gasteiger charge is 2.32. The van der Waals surface area contributed by atoms with Crippen LogP contribution in [0, 0.1) is 5.82 Å². The van der Waals surface area contributed by atoms with Crippen molar-refractivity contribution in [3.05, 3.63) is 30.1 Å². The molecular formula is C14H18FN3O2S2. The van der Waals surface area contributed by atoms with Crippen molar-refractivity contribution in [2.24, 2.45) is 0 Å². The molecule has 0 aromatic heterocycles. The van der Waals surface area contributed by atoms with Gasteiger partial charge in [0.1, 0.15) is 10.7 Å². The summed E-state index contributed by atoms with van der Waals surface area (Å²) in [7, 11) is -3.78. The number of hydrogen-bond acceptors (Lipinski definition) is 3. The van der Waals surface area contributed by atoms with Crippen molar-refractivity contribution in [3.63, 3.8) is 0 Å². The number of halogens is 1. The molecule has 0 unspecified atom stereocenters. The van der Waals surface area contributed by atoms with Gasteiger partial charge in [0.25, 0.3) is 0 Å². The summed E-state index contributed by atoms with van der Waals surface area (Å²) in [6.07, 6.45) is 2.28.